The van der Waals surface area contributed by atoms with E-state index in [2.05, 4.69) is 136 Å². The number of pyridine rings is 10. The van der Waals surface area contributed by atoms with Crippen molar-refractivity contribution in [2.45, 2.75) is 73.0 Å². The lowest BCUT2D eigenvalue weighted by Crippen LogP contribution is -2.52. The highest BCUT2D eigenvalue weighted by atomic mass is 19.4. The van der Waals surface area contributed by atoms with Crippen LogP contribution in [0.2, 0.25) is 0 Å². The first-order valence-corrected chi connectivity index (χ1v) is 49.9. The van der Waals surface area contributed by atoms with Gasteiger partial charge in [-0.05, 0) is 198 Å². The number of imidazole rings is 4. The van der Waals surface area contributed by atoms with Gasteiger partial charge in [0.2, 0.25) is 0 Å². The summed E-state index contributed by atoms with van der Waals surface area (Å²) in [7, 11) is 8.46. The van der Waals surface area contributed by atoms with E-state index in [4.69, 9.17) is 15.0 Å². The standard InChI is InChI=1S/C23H24N6O.C22H21F3N6O.C22H21N7O.C22H24N6O.C20H21N7O/c1-15-9-17(12-28-11-16(2)25-22(15)28)19-10-21(30)29-13-18(3-4-20(29)26-19)27-8-7-24-23(14-27)5-6-23;1-14-11-30-12-15(9-17(21(30)26-14)22(23,24)25)18-10-20(32)31-13-16(3-4-19(31)27-18)29-7-5-28(2)6-8-29;1-15-12-28-13-17(9-16(11-23)22(28)24-15)19-10-21(30)29-14-18(3-4-20(29)25-19)27-7-5-26(2)6-8-27;1-15-10-17(13-27-12-16(2)23-22(15)27)19-11-21(29)28-14-18(4-5-20(28)24-19)26-8-6-25(3)7-9-26;1-14-21-19-5-3-15(12-27(19)23-14)17-11-20(28)26-13-16(4-6-18(26)22-17)25-9-7-24(2)8-10-25/h3-4,9-13,24H,5-8,14H2,1-2H3;3-4,9-13H,5-8H2,1-2H3;3-4,9-10,12-14H,5-8H2,1-2H3;4-5,10-14H,6-9H2,1-3H3;3-6,11-13H,7-10H2,1-2H3. The molecule has 6 fully saturated rings. The SMILES string of the molecule is Cc1cn2cc(-c3cc(=O)n4cc(N5CCN(C)CC5)ccc4n3)cc(C#N)c2n1.Cc1cn2cc(-c3cc(=O)n4cc(N5CCN(C)CC5)ccc4n3)cc(C(F)(F)F)c2n1.Cc1cn2cc(-c3cc(=O)n4cc(N5CCN(C)CC5)ccc4n3)cc(C)c2n1.Cc1cn2cc(-c3cc(=O)n4cc(N5CCNC6(CC6)C5)ccc4n3)cc(C)c2n1.Cc1nc2ccc(-c3cc(=O)n4cc(N5CCN(C)CC5)ccc4n3)cn2n1. The van der Waals surface area contributed by atoms with Crippen LogP contribution in [0.4, 0.5) is 41.6 Å². The van der Waals surface area contributed by atoms with E-state index in [0.717, 1.165) is 221 Å². The Morgan fingerprint density at radius 1 is 0.315 bits per heavy atom. The summed E-state index contributed by atoms with van der Waals surface area (Å²) in [4.78, 5) is 130. The summed E-state index contributed by atoms with van der Waals surface area (Å²) in [6.07, 6.45) is 23.8. The van der Waals surface area contributed by atoms with Crippen LogP contribution in [0.15, 0.2) is 238 Å². The molecule has 1 N–H and O–H groups in total. The molecule has 0 aromatic carbocycles. The summed E-state index contributed by atoms with van der Waals surface area (Å²) in [6.45, 7) is 31.7. The predicted molar refractivity (Wildman–Crippen MR) is 570 cm³/mol. The summed E-state index contributed by atoms with van der Waals surface area (Å²) >= 11 is 0. The van der Waals surface area contributed by atoms with Gasteiger partial charge in [0.15, 0.2) is 11.3 Å². The van der Waals surface area contributed by atoms with Gasteiger partial charge in [0.1, 0.15) is 57.1 Å². The van der Waals surface area contributed by atoms with Crippen LogP contribution in [-0.2, 0) is 6.18 Å². The Kier molecular flexibility index (Phi) is 25.5. The predicted octanol–water partition coefficient (Wildman–Crippen LogP) is 11.4. The molecule has 0 radical (unpaired) electrons. The van der Waals surface area contributed by atoms with Crippen LogP contribution in [-0.4, -0.2) is 277 Å². The van der Waals surface area contributed by atoms with E-state index < -0.39 is 11.7 Å². The fourth-order valence-corrected chi connectivity index (χ4v) is 20.3. The topological polar surface area (TPSA) is 336 Å². The molecule has 6 aliphatic rings. The fraction of sp³-hybridized carbons (Fsp3) is 0.312. The first-order chi connectivity index (χ1) is 71.7. The van der Waals surface area contributed by atoms with Gasteiger partial charge >= 0.3 is 6.18 Å². The number of halogens is 3. The highest BCUT2D eigenvalue weighted by molar-refractivity contribution is 5.74. The Bertz CT molecular complexity index is 9040. The quantitative estimate of drug-likeness (QED) is 0.133. The number of rotatable bonds is 10. The number of hydrogen-bond donors (Lipinski definition) is 1. The molecule has 758 valence electrons. The third-order valence-corrected chi connectivity index (χ3v) is 28.7. The number of aryl methyl sites for hydroxylation is 7. The van der Waals surface area contributed by atoms with E-state index in [-0.39, 0.29) is 44.7 Å². The maximum atomic E-state index is 13.7. The molecule has 20 aromatic heterocycles. The van der Waals surface area contributed by atoms with Crippen LogP contribution in [0, 0.1) is 59.8 Å². The van der Waals surface area contributed by atoms with Crippen LogP contribution >= 0.6 is 0 Å². The van der Waals surface area contributed by atoms with Gasteiger partial charge in [0.25, 0.3) is 27.8 Å². The lowest BCUT2D eigenvalue weighted by Gasteiger charge is -2.35. The number of alkyl halides is 3. The van der Waals surface area contributed by atoms with E-state index in [1.165, 1.54) is 46.2 Å². The Balaban J connectivity index is 0.000000105. The maximum Gasteiger partial charge on any atom is 0.420 e. The lowest BCUT2D eigenvalue weighted by atomic mass is 10.1. The zero-order valence-corrected chi connectivity index (χ0v) is 84.6. The summed E-state index contributed by atoms with van der Waals surface area (Å²) in [5.41, 5.74) is 21.9. The molecule has 0 unspecified atom stereocenters. The van der Waals surface area contributed by atoms with Crippen molar-refractivity contribution in [2.24, 2.45) is 0 Å². The van der Waals surface area contributed by atoms with Crippen molar-refractivity contribution in [3.63, 3.8) is 0 Å². The molecule has 25 heterocycles. The number of aromatic nitrogens is 21. The molecular weight excluding hydrogens is 1890 g/mol. The first-order valence-electron chi connectivity index (χ1n) is 49.9. The Labute approximate surface area is 851 Å². The van der Waals surface area contributed by atoms with Gasteiger partial charge in [-0.3, -0.25) is 46.0 Å². The van der Waals surface area contributed by atoms with Crippen LogP contribution in [0.1, 0.15) is 63.7 Å². The van der Waals surface area contributed by atoms with E-state index in [1.54, 1.807) is 65.6 Å². The molecule has 26 rings (SSSR count). The number of likely N-dealkylation sites (N-methyl/N-ethyl adjacent to an activating group) is 4. The van der Waals surface area contributed by atoms with Gasteiger partial charge in [-0.2, -0.15) is 23.5 Å². The van der Waals surface area contributed by atoms with Gasteiger partial charge in [0.05, 0.1) is 90.8 Å². The molecule has 0 amide bonds. The molecule has 0 atom stereocenters. The van der Waals surface area contributed by atoms with Crippen molar-refractivity contribution in [1.82, 2.24) is 124 Å². The highest BCUT2D eigenvalue weighted by Crippen LogP contribution is 2.40. The minimum atomic E-state index is -4.58. The molecular formula is C109H111F3N32O5. The van der Waals surface area contributed by atoms with Crippen molar-refractivity contribution in [3.8, 4) is 62.4 Å². The summed E-state index contributed by atoms with van der Waals surface area (Å²) < 4.78 is 57.8. The van der Waals surface area contributed by atoms with Gasteiger partial charge < -0.3 is 67.0 Å². The molecule has 5 saturated heterocycles. The van der Waals surface area contributed by atoms with Gasteiger partial charge in [-0.25, -0.2) is 54.4 Å². The highest BCUT2D eigenvalue weighted by Gasteiger charge is 2.46. The zero-order chi connectivity index (χ0) is 103. The second-order valence-corrected chi connectivity index (χ2v) is 39.8. The molecule has 0 bridgehead atoms. The minimum Gasteiger partial charge on any atom is -0.368 e. The second kappa shape index (κ2) is 39.2. The molecule has 37 nitrogen and oxygen atoms in total. The zero-order valence-electron chi connectivity index (χ0n) is 84.6. The number of fused-ring (bicyclic) bond motifs is 10. The largest absolute Gasteiger partial charge is 0.420 e. The van der Waals surface area contributed by atoms with Crippen LogP contribution in [0.5, 0.6) is 0 Å². The molecule has 40 heteroatoms. The number of anilines is 5. The third-order valence-electron chi connectivity index (χ3n) is 28.7. The van der Waals surface area contributed by atoms with E-state index in [1.807, 2.05) is 190 Å². The molecule has 20 aromatic rings. The third kappa shape index (κ3) is 20.1. The van der Waals surface area contributed by atoms with Crippen molar-refractivity contribution >= 4 is 84.9 Å². The Hall–Kier alpha value is -16.7. The van der Waals surface area contributed by atoms with Crippen LogP contribution < -0.4 is 57.6 Å². The lowest BCUT2D eigenvalue weighted by molar-refractivity contribution is -0.136. The first kappa shape index (κ1) is 97.0. The van der Waals surface area contributed by atoms with Crippen LogP contribution in [0.3, 0.4) is 0 Å². The average molecular weight is 2010 g/mol. The molecule has 5 aliphatic heterocycles. The van der Waals surface area contributed by atoms with Gasteiger partial charge in [0, 0.05) is 275 Å². The van der Waals surface area contributed by atoms with E-state index >= 15 is 0 Å². The maximum absolute atomic E-state index is 13.7. The normalized spacial score (nSPS) is 15.9. The summed E-state index contributed by atoms with van der Waals surface area (Å²) in [5, 5.41) is 17.5. The number of hydrogen-bond acceptors (Lipinski definition) is 27. The van der Waals surface area contributed by atoms with Gasteiger partial charge in [-0.15, -0.1) is 0 Å². The number of nitriles is 1. The minimum absolute atomic E-state index is 0.0623. The van der Waals surface area contributed by atoms with Crippen molar-refractivity contribution < 1.29 is 13.2 Å². The van der Waals surface area contributed by atoms with Crippen LogP contribution in [0.25, 0.3) is 113 Å². The summed E-state index contributed by atoms with van der Waals surface area (Å²) in [6, 6.07) is 39.9. The number of nitrogens with zero attached hydrogens (tertiary/aromatic N) is 31. The average Bonchev–Trinajstić information content (AvgIpc) is 1.57. The molecule has 1 aliphatic carbocycles. The van der Waals surface area contributed by atoms with Crippen molar-refractivity contribution in [2.75, 3.05) is 177 Å². The smallest absolute Gasteiger partial charge is 0.368 e. The number of piperazine rings is 5. The van der Waals surface area contributed by atoms with E-state index in [9.17, 15) is 42.4 Å². The molecule has 1 spiro atoms. The number of nitrogens with one attached hydrogen (secondary N) is 1. The summed E-state index contributed by atoms with van der Waals surface area (Å²) in [5.74, 6) is 0.708. The Morgan fingerprint density at radius 2 is 0.624 bits per heavy atom. The van der Waals surface area contributed by atoms with E-state index in [0.29, 0.717) is 84.8 Å². The van der Waals surface area contributed by atoms with Crippen molar-refractivity contribution in [1.29, 1.82) is 5.26 Å². The fourth-order valence-electron chi connectivity index (χ4n) is 20.3. The van der Waals surface area contributed by atoms with Gasteiger partial charge in [-0.1, -0.05) is 0 Å². The second-order valence-electron chi connectivity index (χ2n) is 39.8. The molecule has 1 saturated carbocycles. The molecule has 149 heavy (non-hydrogen) atoms. The Morgan fingerprint density at radius 3 is 0.973 bits per heavy atom. The van der Waals surface area contributed by atoms with Crippen molar-refractivity contribution in [3.05, 3.63) is 317 Å². The monoisotopic (exact) mass is 2000 g/mol.